The summed E-state index contributed by atoms with van der Waals surface area (Å²) in [4.78, 5) is 19.5. The maximum absolute atomic E-state index is 11.1. The molecule has 16 heavy (non-hydrogen) atoms. The first-order valence-corrected chi connectivity index (χ1v) is 5.34. The zero-order valence-corrected chi connectivity index (χ0v) is 8.73. The lowest BCUT2D eigenvalue weighted by Gasteiger charge is -2.12. The molecule has 0 bridgehead atoms. The van der Waals surface area contributed by atoms with Crippen molar-refractivity contribution in [2.75, 3.05) is 13.1 Å². The molecule has 0 aromatic rings. The minimum Gasteiger partial charge on any atom is -0.313 e. The molecular formula is C12H11N3O. The number of hydrogen-bond acceptors (Lipinski definition) is 3. The van der Waals surface area contributed by atoms with Gasteiger partial charge in [-0.15, -0.1) is 0 Å². The molecule has 0 fully saturated rings. The Morgan fingerprint density at radius 3 is 2.94 bits per heavy atom. The van der Waals surface area contributed by atoms with Crippen LogP contribution in [0.15, 0.2) is 45.6 Å². The summed E-state index contributed by atoms with van der Waals surface area (Å²) in [6, 6.07) is 0. The van der Waals surface area contributed by atoms with Crippen molar-refractivity contribution >= 4 is 17.3 Å². The largest absolute Gasteiger partial charge is 0.313 e. The number of nitrogens with one attached hydrogen (secondary N) is 1. The number of carbonyl (C=O) groups excluding carboxylic acids is 1. The molecule has 0 aromatic carbocycles. The van der Waals surface area contributed by atoms with Gasteiger partial charge in [0.25, 0.3) is 5.91 Å². The summed E-state index contributed by atoms with van der Waals surface area (Å²) in [7, 11) is 0. The second-order valence-electron chi connectivity index (χ2n) is 3.88. The Hall–Kier alpha value is -1.81. The molecule has 0 saturated carbocycles. The van der Waals surface area contributed by atoms with Crippen molar-refractivity contribution < 1.29 is 4.79 Å². The highest BCUT2D eigenvalue weighted by Crippen LogP contribution is 2.23. The highest BCUT2D eigenvalue weighted by Gasteiger charge is 2.20. The average molecular weight is 213 g/mol. The number of dihydropyridines is 1. The fourth-order valence-electron chi connectivity index (χ4n) is 1.96. The summed E-state index contributed by atoms with van der Waals surface area (Å²) in [5, 5.41) is 3.26. The predicted octanol–water partition coefficient (Wildman–Crippen LogP) is 0.782. The number of carbonyl (C=O) groups is 1. The van der Waals surface area contributed by atoms with E-state index in [4.69, 9.17) is 0 Å². The van der Waals surface area contributed by atoms with Crippen LogP contribution in [0, 0.1) is 0 Å². The molecule has 0 saturated heterocycles. The van der Waals surface area contributed by atoms with Crippen LogP contribution in [0.2, 0.25) is 0 Å². The molecule has 80 valence electrons. The van der Waals surface area contributed by atoms with Crippen LogP contribution in [0.3, 0.4) is 0 Å². The zero-order valence-electron chi connectivity index (χ0n) is 8.73. The Morgan fingerprint density at radius 1 is 1.19 bits per heavy atom. The smallest absolute Gasteiger partial charge is 0.270 e. The Morgan fingerprint density at radius 2 is 2.12 bits per heavy atom. The van der Waals surface area contributed by atoms with Gasteiger partial charge in [0.15, 0.2) is 0 Å². The van der Waals surface area contributed by atoms with Crippen molar-refractivity contribution in [1.29, 1.82) is 0 Å². The van der Waals surface area contributed by atoms with Crippen LogP contribution in [0.4, 0.5) is 0 Å². The van der Waals surface area contributed by atoms with Gasteiger partial charge in [-0.2, -0.15) is 0 Å². The van der Waals surface area contributed by atoms with Gasteiger partial charge in [0.05, 0.1) is 17.1 Å². The van der Waals surface area contributed by atoms with Gasteiger partial charge in [-0.25, -0.2) is 9.98 Å². The van der Waals surface area contributed by atoms with E-state index in [9.17, 15) is 4.79 Å². The zero-order chi connectivity index (χ0) is 11.0. The summed E-state index contributed by atoms with van der Waals surface area (Å²) >= 11 is 0. The lowest BCUT2D eigenvalue weighted by atomic mass is 10.1. The van der Waals surface area contributed by atoms with Gasteiger partial charge in [-0.05, 0) is 30.7 Å². The lowest BCUT2D eigenvalue weighted by molar-refractivity contribution is -0.113. The Balaban J connectivity index is 1.95. The maximum atomic E-state index is 11.1. The third-order valence-electron chi connectivity index (χ3n) is 2.78. The van der Waals surface area contributed by atoms with Gasteiger partial charge < -0.3 is 5.32 Å². The van der Waals surface area contributed by atoms with Crippen molar-refractivity contribution in [3.8, 4) is 0 Å². The number of fused-ring (bicyclic) bond motifs is 1. The van der Waals surface area contributed by atoms with Crippen molar-refractivity contribution in [3.63, 3.8) is 0 Å². The molecule has 1 amide bonds. The van der Waals surface area contributed by atoms with Crippen LogP contribution in [0.1, 0.15) is 6.42 Å². The fraction of sp³-hybridized carbons (Fsp3) is 0.250. The number of hydrogen-bond donors (Lipinski definition) is 1. The fourth-order valence-corrected chi connectivity index (χ4v) is 1.96. The van der Waals surface area contributed by atoms with E-state index in [2.05, 4.69) is 21.4 Å². The van der Waals surface area contributed by atoms with Crippen LogP contribution in [-0.2, 0) is 4.79 Å². The standard InChI is InChI=1S/C12H11N3O/c16-12-2-1-9-11(15-12)7-10(14-9)8-3-5-13-6-4-8/h1-3,7,13H,4-6H2. The third-order valence-corrected chi connectivity index (χ3v) is 2.78. The Kier molecular flexibility index (Phi) is 2.15. The molecule has 0 spiro atoms. The number of aliphatic imine (C=N–C) groups is 2. The van der Waals surface area contributed by atoms with Crippen molar-refractivity contribution in [2.45, 2.75) is 6.42 Å². The first-order valence-electron chi connectivity index (χ1n) is 5.34. The minimum absolute atomic E-state index is 0.203. The summed E-state index contributed by atoms with van der Waals surface area (Å²) in [5.41, 5.74) is 3.69. The van der Waals surface area contributed by atoms with E-state index in [1.165, 1.54) is 11.6 Å². The summed E-state index contributed by atoms with van der Waals surface area (Å²) in [5.74, 6) is -0.203. The van der Waals surface area contributed by atoms with Gasteiger partial charge in [-0.3, -0.25) is 4.79 Å². The highest BCUT2D eigenvalue weighted by molar-refractivity contribution is 6.55. The molecular weight excluding hydrogens is 202 g/mol. The van der Waals surface area contributed by atoms with Gasteiger partial charge >= 0.3 is 0 Å². The van der Waals surface area contributed by atoms with E-state index < -0.39 is 0 Å². The number of rotatable bonds is 1. The molecule has 4 heteroatoms. The lowest BCUT2D eigenvalue weighted by Crippen LogP contribution is -2.20. The normalized spacial score (nSPS) is 23.4. The van der Waals surface area contributed by atoms with E-state index in [-0.39, 0.29) is 5.91 Å². The first-order chi connectivity index (χ1) is 7.83. The van der Waals surface area contributed by atoms with Crippen molar-refractivity contribution in [1.82, 2.24) is 5.32 Å². The molecule has 0 unspecified atom stereocenters. The van der Waals surface area contributed by atoms with Crippen LogP contribution in [0.5, 0.6) is 0 Å². The van der Waals surface area contributed by atoms with Gasteiger partial charge in [0, 0.05) is 12.6 Å². The molecule has 0 atom stereocenters. The number of amides is 1. The first kappa shape index (κ1) is 9.42. The van der Waals surface area contributed by atoms with Crippen LogP contribution < -0.4 is 5.32 Å². The molecule has 3 aliphatic rings. The van der Waals surface area contributed by atoms with Gasteiger partial charge in [0.2, 0.25) is 0 Å². The van der Waals surface area contributed by atoms with E-state index in [0.717, 1.165) is 30.9 Å². The summed E-state index contributed by atoms with van der Waals surface area (Å²) < 4.78 is 0. The molecule has 4 nitrogen and oxygen atoms in total. The molecule has 3 rings (SSSR count). The predicted molar refractivity (Wildman–Crippen MR) is 62.7 cm³/mol. The number of nitrogens with zero attached hydrogens (tertiary/aromatic N) is 2. The maximum Gasteiger partial charge on any atom is 0.270 e. The Bertz CT molecular complexity index is 506. The third kappa shape index (κ3) is 1.57. The quantitative estimate of drug-likeness (QED) is 0.700. The van der Waals surface area contributed by atoms with Gasteiger partial charge in [0.1, 0.15) is 0 Å². The van der Waals surface area contributed by atoms with E-state index in [0.29, 0.717) is 5.71 Å². The SMILES string of the molecule is O=C1C=CC2=NC(C3=CCNCC3)=CC2=N1. The monoisotopic (exact) mass is 213 g/mol. The molecule has 0 aromatic heterocycles. The van der Waals surface area contributed by atoms with Crippen LogP contribution in [0.25, 0.3) is 0 Å². The van der Waals surface area contributed by atoms with E-state index in [1.54, 1.807) is 6.08 Å². The molecule has 3 heterocycles. The molecule has 3 aliphatic heterocycles. The molecule has 0 radical (unpaired) electrons. The summed E-state index contributed by atoms with van der Waals surface area (Å²) in [6.07, 6.45) is 8.20. The van der Waals surface area contributed by atoms with Crippen LogP contribution >= 0.6 is 0 Å². The molecule has 1 N–H and O–H groups in total. The van der Waals surface area contributed by atoms with E-state index >= 15 is 0 Å². The topological polar surface area (TPSA) is 53.8 Å². The second kappa shape index (κ2) is 3.64. The second-order valence-corrected chi connectivity index (χ2v) is 3.88. The molecule has 0 aliphatic carbocycles. The number of allylic oxidation sites excluding steroid dienone is 3. The van der Waals surface area contributed by atoms with E-state index in [1.807, 2.05) is 6.08 Å². The Labute approximate surface area is 93.2 Å². The van der Waals surface area contributed by atoms with Crippen molar-refractivity contribution in [3.05, 3.63) is 35.6 Å². The summed E-state index contributed by atoms with van der Waals surface area (Å²) in [6.45, 7) is 1.87. The minimum atomic E-state index is -0.203. The highest BCUT2D eigenvalue weighted by atomic mass is 16.1. The van der Waals surface area contributed by atoms with Gasteiger partial charge in [-0.1, -0.05) is 6.08 Å². The average Bonchev–Trinajstić information content (AvgIpc) is 2.73. The van der Waals surface area contributed by atoms with Crippen molar-refractivity contribution in [2.24, 2.45) is 9.98 Å². The van der Waals surface area contributed by atoms with Crippen LogP contribution in [-0.4, -0.2) is 30.4 Å².